The maximum Gasteiger partial charge on any atom is 0.344 e. The van der Waals surface area contributed by atoms with E-state index in [1.807, 2.05) is 60.7 Å². The Balaban J connectivity index is 1.32. The summed E-state index contributed by atoms with van der Waals surface area (Å²) in [7, 11) is 0. The number of hydrogen-bond donors (Lipinski definition) is 0. The molecule has 0 saturated carbocycles. The first-order valence-corrected chi connectivity index (χ1v) is 9.03. The highest BCUT2D eigenvalue weighted by atomic mass is 16.6. The highest BCUT2D eigenvalue weighted by molar-refractivity contribution is 5.71. The summed E-state index contributed by atoms with van der Waals surface area (Å²) in [6.45, 7) is 0.806. The van der Waals surface area contributed by atoms with Gasteiger partial charge in [-0.3, -0.25) is 0 Å². The van der Waals surface area contributed by atoms with Gasteiger partial charge in [0.25, 0.3) is 0 Å². The van der Waals surface area contributed by atoms with Gasteiger partial charge in [-0.25, -0.2) is 4.79 Å². The molecule has 144 valence electrons. The van der Waals surface area contributed by atoms with E-state index in [4.69, 9.17) is 18.9 Å². The van der Waals surface area contributed by atoms with Crippen molar-refractivity contribution in [3.8, 4) is 17.2 Å². The Labute approximate surface area is 164 Å². The van der Waals surface area contributed by atoms with Gasteiger partial charge in [0.15, 0.2) is 6.61 Å². The van der Waals surface area contributed by atoms with E-state index in [1.165, 1.54) is 0 Å². The Hall–Kier alpha value is -3.47. The minimum Gasteiger partial charge on any atom is -0.490 e. The molecule has 0 atom stereocenters. The van der Waals surface area contributed by atoms with Crippen molar-refractivity contribution in [2.24, 2.45) is 0 Å². The zero-order valence-corrected chi connectivity index (χ0v) is 15.5. The number of benzene rings is 3. The van der Waals surface area contributed by atoms with Gasteiger partial charge in [-0.15, -0.1) is 0 Å². The Morgan fingerprint density at radius 3 is 1.86 bits per heavy atom. The fraction of sp³-hybridized carbons (Fsp3) is 0.174. The maximum absolute atomic E-state index is 11.7. The van der Waals surface area contributed by atoms with Gasteiger partial charge in [0.05, 0.1) is 0 Å². The normalized spacial score (nSPS) is 10.1. The molecular formula is C23H22O5. The maximum atomic E-state index is 11.7. The van der Waals surface area contributed by atoms with Crippen molar-refractivity contribution >= 4 is 5.97 Å². The van der Waals surface area contributed by atoms with Crippen LogP contribution in [0.25, 0.3) is 0 Å². The molecular weight excluding hydrogens is 356 g/mol. The third kappa shape index (κ3) is 6.68. The van der Waals surface area contributed by atoms with Gasteiger partial charge >= 0.3 is 5.97 Å². The second-order valence-electron chi connectivity index (χ2n) is 5.92. The van der Waals surface area contributed by atoms with E-state index in [0.29, 0.717) is 19.0 Å². The molecule has 0 N–H and O–H groups in total. The largest absolute Gasteiger partial charge is 0.490 e. The molecule has 5 heteroatoms. The predicted octanol–water partition coefficient (Wildman–Crippen LogP) is 4.27. The third-order valence-corrected chi connectivity index (χ3v) is 3.79. The quantitative estimate of drug-likeness (QED) is 0.390. The van der Waals surface area contributed by atoms with Crippen molar-refractivity contribution in [3.05, 3.63) is 90.5 Å². The number of hydrogen-bond acceptors (Lipinski definition) is 5. The summed E-state index contributed by atoms with van der Waals surface area (Å²) >= 11 is 0. The van der Waals surface area contributed by atoms with Gasteiger partial charge in [0.1, 0.15) is 37.1 Å². The average molecular weight is 378 g/mol. The number of rotatable bonds is 10. The van der Waals surface area contributed by atoms with Crippen LogP contribution in [0.4, 0.5) is 0 Å². The van der Waals surface area contributed by atoms with E-state index in [-0.39, 0.29) is 13.2 Å². The lowest BCUT2D eigenvalue weighted by Crippen LogP contribution is -2.18. The number of para-hydroxylation sites is 1. The monoisotopic (exact) mass is 378 g/mol. The van der Waals surface area contributed by atoms with Crippen LogP contribution in [0, 0.1) is 0 Å². The van der Waals surface area contributed by atoms with Gasteiger partial charge in [-0.05, 0) is 42.0 Å². The fourth-order valence-electron chi connectivity index (χ4n) is 2.39. The molecule has 3 rings (SSSR count). The minimum absolute atomic E-state index is 0.157. The molecule has 0 aliphatic carbocycles. The van der Waals surface area contributed by atoms with Crippen LogP contribution in [0.5, 0.6) is 17.2 Å². The molecule has 0 unspecified atom stereocenters. The molecule has 3 aromatic carbocycles. The molecule has 0 aliphatic rings. The van der Waals surface area contributed by atoms with Crippen LogP contribution in [0.1, 0.15) is 5.56 Å². The second kappa shape index (κ2) is 10.6. The van der Waals surface area contributed by atoms with E-state index in [2.05, 4.69) is 0 Å². The lowest BCUT2D eigenvalue weighted by molar-refractivity contribution is -0.146. The number of ether oxygens (including phenoxy) is 4. The van der Waals surface area contributed by atoms with Crippen molar-refractivity contribution < 1.29 is 23.7 Å². The summed E-state index contributed by atoms with van der Waals surface area (Å²) in [5.74, 6) is 1.60. The van der Waals surface area contributed by atoms with E-state index in [1.54, 1.807) is 24.3 Å². The molecule has 0 fully saturated rings. The Morgan fingerprint density at radius 1 is 0.607 bits per heavy atom. The Kier molecular flexibility index (Phi) is 7.32. The first-order valence-electron chi connectivity index (χ1n) is 9.03. The summed E-state index contributed by atoms with van der Waals surface area (Å²) in [5, 5.41) is 0. The number of carbonyl (C=O) groups is 1. The first kappa shape index (κ1) is 19.3. The van der Waals surface area contributed by atoms with Crippen LogP contribution in [0.15, 0.2) is 84.9 Å². The zero-order chi connectivity index (χ0) is 19.4. The highest BCUT2D eigenvalue weighted by Crippen LogP contribution is 2.18. The van der Waals surface area contributed by atoms with Gasteiger partial charge in [-0.2, -0.15) is 0 Å². The Bertz CT molecular complexity index is 832. The lowest BCUT2D eigenvalue weighted by atomic mass is 10.2. The van der Waals surface area contributed by atoms with Crippen LogP contribution < -0.4 is 14.2 Å². The Morgan fingerprint density at radius 2 is 1.18 bits per heavy atom. The van der Waals surface area contributed by atoms with Crippen LogP contribution in [0.3, 0.4) is 0 Å². The van der Waals surface area contributed by atoms with Gasteiger partial charge in [0.2, 0.25) is 0 Å². The van der Waals surface area contributed by atoms with Gasteiger partial charge < -0.3 is 18.9 Å². The van der Waals surface area contributed by atoms with E-state index >= 15 is 0 Å². The predicted molar refractivity (Wildman–Crippen MR) is 106 cm³/mol. The van der Waals surface area contributed by atoms with Crippen LogP contribution in [-0.4, -0.2) is 25.8 Å². The van der Waals surface area contributed by atoms with Crippen LogP contribution in [0.2, 0.25) is 0 Å². The smallest absolute Gasteiger partial charge is 0.344 e. The van der Waals surface area contributed by atoms with Gasteiger partial charge in [-0.1, -0.05) is 48.5 Å². The van der Waals surface area contributed by atoms with Crippen molar-refractivity contribution in [2.75, 3.05) is 19.8 Å². The number of carbonyl (C=O) groups excluding carboxylic acids is 1. The summed E-state index contributed by atoms with van der Waals surface area (Å²) in [6.07, 6.45) is 0. The summed E-state index contributed by atoms with van der Waals surface area (Å²) in [4.78, 5) is 11.7. The van der Waals surface area contributed by atoms with Crippen molar-refractivity contribution in [3.63, 3.8) is 0 Å². The lowest BCUT2D eigenvalue weighted by Gasteiger charge is -2.09. The van der Waals surface area contributed by atoms with Crippen LogP contribution in [-0.2, 0) is 16.1 Å². The van der Waals surface area contributed by atoms with Crippen molar-refractivity contribution in [2.45, 2.75) is 6.61 Å². The molecule has 0 amide bonds. The minimum atomic E-state index is -0.443. The third-order valence-electron chi connectivity index (χ3n) is 3.79. The molecule has 0 radical (unpaired) electrons. The first-order chi connectivity index (χ1) is 13.8. The molecule has 28 heavy (non-hydrogen) atoms. The average Bonchev–Trinajstić information content (AvgIpc) is 2.76. The number of esters is 1. The standard InChI is InChI=1S/C23H22O5/c24-23(26-16-15-25-20-9-5-2-6-10-20)18-28-22-13-11-21(12-14-22)27-17-19-7-3-1-4-8-19/h1-14H,15-18H2. The van der Waals surface area contributed by atoms with Gasteiger partial charge in [0, 0.05) is 0 Å². The van der Waals surface area contributed by atoms with Crippen molar-refractivity contribution in [1.82, 2.24) is 0 Å². The highest BCUT2D eigenvalue weighted by Gasteiger charge is 2.05. The molecule has 0 spiro atoms. The molecule has 0 bridgehead atoms. The van der Waals surface area contributed by atoms with Crippen molar-refractivity contribution in [1.29, 1.82) is 0 Å². The van der Waals surface area contributed by atoms with Crippen LogP contribution >= 0.6 is 0 Å². The van der Waals surface area contributed by atoms with E-state index in [0.717, 1.165) is 17.1 Å². The molecule has 0 saturated heterocycles. The SMILES string of the molecule is O=C(COc1ccc(OCc2ccccc2)cc1)OCCOc1ccccc1. The zero-order valence-electron chi connectivity index (χ0n) is 15.5. The topological polar surface area (TPSA) is 54.0 Å². The van der Waals surface area contributed by atoms with E-state index in [9.17, 15) is 4.79 Å². The summed E-state index contributed by atoms with van der Waals surface area (Å²) < 4.78 is 21.7. The molecule has 0 heterocycles. The molecule has 3 aromatic rings. The van der Waals surface area contributed by atoms with E-state index < -0.39 is 5.97 Å². The fourth-order valence-corrected chi connectivity index (χ4v) is 2.39. The second-order valence-corrected chi connectivity index (χ2v) is 5.92. The molecule has 5 nitrogen and oxygen atoms in total. The molecule has 0 aromatic heterocycles. The summed E-state index contributed by atoms with van der Waals surface area (Å²) in [5.41, 5.74) is 1.10. The summed E-state index contributed by atoms with van der Waals surface area (Å²) in [6, 6.07) is 26.4. The molecule has 0 aliphatic heterocycles.